The quantitative estimate of drug-likeness (QED) is 0.177. The minimum atomic E-state index is -0.759. The maximum atomic E-state index is 11.5. The lowest BCUT2D eigenvalue weighted by Crippen LogP contribution is -2.08. The topological polar surface area (TPSA) is 71.1 Å². The molecule has 6 nitrogen and oxygen atoms in total. The van der Waals surface area contributed by atoms with E-state index in [0.29, 0.717) is 11.5 Å². The number of carbonyl (C=O) groups is 2. The van der Waals surface area contributed by atoms with Crippen molar-refractivity contribution in [3.05, 3.63) is 131 Å². The molecule has 2 atom stereocenters. The van der Waals surface area contributed by atoms with Crippen LogP contribution in [0.2, 0.25) is 0 Å². The van der Waals surface area contributed by atoms with Crippen LogP contribution in [0, 0.1) is 0 Å². The molecule has 0 amide bonds. The molecule has 0 saturated carbocycles. The summed E-state index contributed by atoms with van der Waals surface area (Å²) in [6.45, 7) is 0. The summed E-state index contributed by atoms with van der Waals surface area (Å²) < 4.78 is 19.5. The second kappa shape index (κ2) is 12.6. The number of benzene rings is 4. The highest BCUT2D eigenvalue weighted by atomic mass is 32.2. The number of thioether (sulfide) groups is 1. The van der Waals surface area contributed by atoms with Gasteiger partial charge in [0.1, 0.15) is 11.5 Å². The van der Waals surface area contributed by atoms with Gasteiger partial charge in [0, 0.05) is 0 Å². The molecule has 4 aromatic rings. The van der Waals surface area contributed by atoms with Crippen molar-refractivity contribution in [2.24, 2.45) is 0 Å². The van der Waals surface area contributed by atoms with Crippen molar-refractivity contribution in [1.29, 1.82) is 0 Å². The first-order chi connectivity index (χ1) is 18.1. The van der Waals surface area contributed by atoms with Crippen molar-refractivity contribution >= 4 is 24.1 Å². The molecular weight excluding hydrogens is 488 g/mol. The number of ether oxygens (including phenoxy) is 4. The number of hydrogen-bond acceptors (Lipinski definition) is 7. The Kier molecular flexibility index (Phi) is 8.84. The predicted octanol–water partition coefficient (Wildman–Crippen LogP) is 7.59. The molecule has 0 aliphatic rings. The number of rotatable bonds is 8. The van der Waals surface area contributed by atoms with Crippen molar-refractivity contribution in [2.75, 3.05) is 14.2 Å². The summed E-state index contributed by atoms with van der Waals surface area (Å²) in [6, 6.07) is 35.4. The van der Waals surface area contributed by atoms with E-state index in [4.69, 9.17) is 9.47 Å². The van der Waals surface area contributed by atoms with Crippen LogP contribution in [0.5, 0.6) is 11.5 Å². The minimum Gasteiger partial charge on any atom is -0.437 e. The first kappa shape index (κ1) is 25.9. The molecule has 0 N–H and O–H groups in total. The van der Waals surface area contributed by atoms with Gasteiger partial charge in [-0.25, -0.2) is 9.59 Å². The Morgan fingerprint density at radius 3 is 1.16 bits per heavy atom. The molecule has 7 heteroatoms. The van der Waals surface area contributed by atoms with Gasteiger partial charge in [0.2, 0.25) is 0 Å². The zero-order chi connectivity index (χ0) is 26.0. The van der Waals surface area contributed by atoms with Crippen LogP contribution in [-0.2, 0) is 9.47 Å². The van der Waals surface area contributed by atoms with Gasteiger partial charge in [0.05, 0.1) is 24.7 Å². The Labute approximate surface area is 220 Å². The molecule has 0 heterocycles. The summed E-state index contributed by atoms with van der Waals surface area (Å²) in [4.78, 5) is 23.0. The summed E-state index contributed by atoms with van der Waals surface area (Å²) in [6.07, 6.45) is -1.52. The van der Waals surface area contributed by atoms with Crippen LogP contribution in [0.3, 0.4) is 0 Å². The fraction of sp³-hybridized carbons (Fsp3) is 0.133. The van der Waals surface area contributed by atoms with Gasteiger partial charge in [-0.05, 0) is 46.5 Å². The van der Waals surface area contributed by atoms with E-state index in [-0.39, 0.29) is 10.5 Å². The van der Waals surface area contributed by atoms with Crippen molar-refractivity contribution in [1.82, 2.24) is 0 Å². The van der Waals surface area contributed by atoms with Gasteiger partial charge in [-0.3, -0.25) is 0 Å². The summed E-state index contributed by atoms with van der Waals surface area (Å²) in [5, 5.41) is -0.0471. The fourth-order valence-corrected chi connectivity index (χ4v) is 5.32. The zero-order valence-corrected chi connectivity index (χ0v) is 21.2. The lowest BCUT2D eigenvalue weighted by atomic mass is 10.0. The van der Waals surface area contributed by atoms with E-state index in [9.17, 15) is 9.59 Å². The standard InChI is InChI=1S/C30H26O6S/c1-33-29(31)35-25-17-13-23(14-18-25)27(21-9-5-3-6-10-21)37-28(22-11-7-4-8-12-22)24-15-19-26(20-16-24)36-30(32)34-2/h3-20,27-28H,1-2H3. The van der Waals surface area contributed by atoms with Crippen molar-refractivity contribution < 1.29 is 28.5 Å². The van der Waals surface area contributed by atoms with Crippen LogP contribution >= 0.6 is 11.8 Å². The Morgan fingerprint density at radius 1 is 0.514 bits per heavy atom. The van der Waals surface area contributed by atoms with Crippen LogP contribution < -0.4 is 9.47 Å². The molecule has 0 bridgehead atoms. The molecule has 4 rings (SSSR count). The molecule has 0 fully saturated rings. The van der Waals surface area contributed by atoms with Crippen molar-refractivity contribution in [2.45, 2.75) is 10.5 Å². The molecule has 2 unspecified atom stereocenters. The molecule has 4 aromatic carbocycles. The van der Waals surface area contributed by atoms with Gasteiger partial charge < -0.3 is 18.9 Å². The second-order valence-corrected chi connectivity index (χ2v) is 9.18. The van der Waals surface area contributed by atoms with Crippen molar-refractivity contribution in [3.8, 4) is 11.5 Å². The first-order valence-corrected chi connectivity index (χ1v) is 12.5. The van der Waals surface area contributed by atoms with Crippen molar-refractivity contribution in [3.63, 3.8) is 0 Å². The minimum absolute atomic E-state index is 0.0235. The van der Waals surface area contributed by atoms with Crippen LogP contribution in [0.4, 0.5) is 9.59 Å². The van der Waals surface area contributed by atoms with E-state index < -0.39 is 12.3 Å². The third kappa shape index (κ3) is 6.92. The van der Waals surface area contributed by atoms with Crippen LogP contribution in [0.1, 0.15) is 32.8 Å². The molecule has 0 aliphatic heterocycles. The van der Waals surface area contributed by atoms with Crippen LogP contribution in [0.25, 0.3) is 0 Å². The zero-order valence-electron chi connectivity index (χ0n) is 20.4. The normalized spacial score (nSPS) is 12.2. The molecule has 37 heavy (non-hydrogen) atoms. The average molecular weight is 515 g/mol. The summed E-state index contributed by atoms with van der Waals surface area (Å²) in [7, 11) is 2.55. The third-order valence-corrected chi connectivity index (χ3v) is 7.21. The molecule has 0 saturated heterocycles. The van der Waals surface area contributed by atoms with E-state index in [2.05, 4.69) is 33.7 Å². The van der Waals surface area contributed by atoms with Gasteiger partial charge >= 0.3 is 12.3 Å². The largest absolute Gasteiger partial charge is 0.513 e. The number of hydrogen-bond donors (Lipinski definition) is 0. The molecule has 0 aliphatic carbocycles. The smallest absolute Gasteiger partial charge is 0.437 e. The number of carbonyl (C=O) groups excluding carboxylic acids is 2. The molecule has 0 radical (unpaired) electrons. The Bertz CT molecular complexity index is 1190. The highest BCUT2D eigenvalue weighted by Gasteiger charge is 2.24. The van der Waals surface area contributed by atoms with Gasteiger partial charge in [0.15, 0.2) is 0 Å². The first-order valence-electron chi connectivity index (χ1n) is 11.5. The Morgan fingerprint density at radius 2 is 0.838 bits per heavy atom. The SMILES string of the molecule is COC(=O)Oc1ccc(C(SC(c2ccccc2)c2ccc(OC(=O)OC)cc2)c2ccccc2)cc1. The highest BCUT2D eigenvalue weighted by Crippen LogP contribution is 2.48. The lowest BCUT2D eigenvalue weighted by Gasteiger charge is -2.25. The third-order valence-electron chi connectivity index (χ3n) is 5.58. The van der Waals surface area contributed by atoms with Gasteiger partial charge in [-0.2, -0.15) is 0 Å². The van der Waals surface area contributed by atoms with Gasteiger partial charge in [0.25, 0.3) is 0 Å². The van der Waals surface area contributed by atoms with E-state index in [1.807, 2.05) is 60.7 Å². The maximum absolute atomic E-state index is 11.5. The Hall–Kier alpha value is -4.23. The monoisotopic (exact) mass is 514 g/mol. The van der Waals surface area contributed by atoms with Gasteiger partial charge in [-0.15, -0.1) is 11.8 Å². The van der Waals surface area contributed by atoms with Gasteiger partial charge in [-0.1, -0.05) is 84.9 Å². The molecule has 0 spiro atoms. The van der Waals surface area contributed by atoms with E-state index in [0.717, 1.165) is 22.3 Å². The second-order valence-electron chi connectivity index (χ2n) is 7.97. The molecule has 188 valence electrons. The van der Waals surface area contributed by atoms with E-state index in [1.165, 1.54) is 14.2 Å². The summed E-state index contributed by atoms with van der Waals surface area (Å²) >= 11 is 1.79. The summed E-state index contributed by atoms with van der Waals surface area (Å²) in [5.41, 5.74) is 4.39. The Balaban J connectivity index is 1.69. The van der Waals surface area contributed by atoms with Crippen LogP contribution in [0.15, 0.2) is 109 Å². The lowest BCUT2D eigenvalue weighted by molar-refractivity contribution is 0.120. The number of methoxy groups -OCH3 is 2. The maximum Gasteiger partial charge on any atom is 0.513 e. The summed E-state index contributed by atoms with van der Waals surface area (Å²) in [5.74, 6) is 0.821. The fourth-order valence-electron chi connectivity index (χ4n) is 3.79. The molecular formula is C30H26O6S. The predicted molar refractivity (Wildman–Crippen MR) is 143 cm³/mol. The van der Waals surface area contributed by atoms with E-state index in [1.54, 1.807) is 36.0 Å². The highest BCUT2D eigenvalue weighted by molar-refractivity contribution is 8.00. The van der Waals surface area contributed by atoms with Crippen LogP contribution in [-0.4, -0.2) is 26.5 Å². The molecule has 0 aromatic heterocycles. The average Bonchev–Trinajstić information content (AvgIpc) is 2.95. The van der Waals surface area contributed by atoms with E-state index >= 15 is 0 Å².